The molecule has 0 bridgehead atoms. The predicted octanol–water partition coefficient (Wildman–Crippen LogP) is 3.17. The van der Waals surface area contributed by atoms with Crippen LogP contribution in [0.4, 0.5) is 0 Å². The molecule has 1 aromatic carbocycles. The minimum Gasteiger partial charge on any atom is -0.369 e. The largest absolute Gasteiger partial charge is 0.369 e. The molecule has 0 aromatic heterocycles. The van der Waals surface area contributed by atoms with Gasteiger partial charge in [-0.05, 0) is 56.3 Å². The van der Waals surface area contributed by atoms with Gasteiger partial charge in [0, 0.05) is 18.5 Å². The first-order valence-electron chi connectivity index (χ1n) is 8.07. The average Bonchev–Trinajstić information content (AvgIpc) is 2.45. The molecule has 0 aliphatic carbocycles. The van der Waals surface area contributed by atoms with Gasteiger partial charge in [0.2, 0.25) is 5.91 Å². The topological polar surface area (TPSA) is 46.3 Å². The molecule has 3 heteroatoms. The van der Waals surface area contributed by atoms with Crippen molar-refractivity contribution in [1.82, 2.24) is 4.90 Å². The molecule has 2 N–H and O–H groups in total. The van der Waals surface area contributed by atoms with Gasteiger partial charge in [0.1, 0.15) is 0 Å². The molecule has 1 saturated heterocycles. The summed E-state index contributed by atoms with van der Waals surface area (Å²) >= 11 is 0. The third-order valence-electron chi connectivity index (χ3n) is 4.82. The van der Waals surface area contributed by atoms with Crippen molar-refractivity contribution in [3.8, 4) is 0 Å². The summed E-state index contributed by atoms with van der Waals surface area (Å²) in [6.07, 6.45) is 4.59. The van der Waals surface area contributed by atoms with E-state index >= 15 is 0 Å². The first-order valence-corrected chi connectivity index (χ1v) is 8.07. The van der Waals surface area contributed by atoms with Gasteiger partial charge in [-0.1, -0.05) is 31.5 Å². The lowest BCUT2D eigenvalue weighted by atomic mass is 9.92. The van der Waals surface area contributed by atoms with E-state index in [0.29, 0.717) is 6.04 Å². The Hall–Kier alpha value is -1.35. The number of likely N-dealkylation sites (tertiary alicyclic amines) is 1. The zero-order chi connectivity index (χ0) is 15.4. The van der Waals surface area contributed by atoms with Gasteiger partial charge in [0.15, 0.2) is 0 Å². The quantitative estimate of drug-likeness (QED) is 0.904. The standard InChI is InChI=1S/C18H28N2O/c1-13-7-8-16(10-14(13)2)12-20-9-5-4-6-17(20)11-15(3)18(19)21/h7-8,10,15,17H,4-6,9,11-12H2,1-3H3,(H2,19,21). The summed E-state index contributed by atoms with van der Waals surface area (Å²) in [6, 6.07) is 7.21. The van der Waals surface area contributed by atoms with E-state index < -0.39 is 0 Å². The molecule has 1 aliphatic heterocycles. The summed E-state index contributed by atoms with van der Waals surface area (Å²) in [5.74, 6) is -0.206. The number of carbonyl (C=O) groups excluding carboxylic acids is 1. The van der Waals surface area contributed by atoms with Crippen LogP contribution in [0.2, 0.25) is 0 Å². The van der Waals surface area contributed by atoms with E-state index in [4.69, 9.17) is 5.73 Å². The van der Waals surface area contributed by atoms with Crippen LogP contribution in [-0.2, 0) is 11.3 Å². The van der Waals surface area contributed by atoms with Gasteiger partial charge < -0.3 is 5.73 Å². The highest BCUT2D eigenvalue weighted by Crippen LogP contribution is 2.25. The summed E-state index contributed by atoms with van der Waals surface area (Å²) in [5.41, 5.74) is 9.50. The zero-order valence-corrected chi connectivity index (χ0v) is 13.6. The molecule has 0 spiro atoms. The average molecular weight is 288 g/mol. The third kappa shape index (κ3) is 4.31. The lowest BCUT2D eigenvalue weighted by Crippen LogP contribution is -2.41. The van der Waals surface area contributed by atoms with Gasteiger partial charge in [-0.25, -0.2) is 0 Å². The SMILES string of the molecule is Cc1ccc(CN2CCCCC2CC(C)C(N)=O)cc1C. The number of piperidine rings is 1. The Kier molecular flexibility index (Phi) is 5.40. The highest BCUT2D eigenvalue weighted by Gasteiger charge is 2.25. The molecule has 3 nitrogen and oxygen atoms in total. The minimum absolute atomic E-state index is 0.0321. The number of hydrogen-bond acceptors (Lipinski definition) is 2. The second-order valence-corrected chi connectivity index (χ2v) is 6.58. The number of hydrogen-bond donors (Lipinski definition) is 1. The lowest BCUT2D eigenvalue weighted by Gasteiger charge is -2.37. The number of nitrogens with zero attached hydrogens (tertiary/aromatic N) is 1. The van der Waals surface area contributed by atoms with E-state index in [1.54, 1.807) is 0 Å². The molecule has 116 valence electrons. The maximum atomic E-state index is 11.3. The van der Waals surface area contributed by atoms with Crippen molar-refractivity contribution in [2.75, 3.05) is 6.54 Å². The number of rotatable bonds is 5. The monoisotopic (exact) mass is 288 g/mol. The van der Waals surface area contributed by atoms with Crippen LogP contribution in [-0.4, -0.2) is 23.4 Å². The third-order valence-corrected chi connectivity index (χ3v) is 4.82. The highest BCUT2D eigenvalue weighted by molar-refractivity contribution is 5.76. The molecule has 1 aliphatic rings. The number of benzene rings is 1. The molecule has 0 saturated carbocycles. The van der Waals surface area contributed by atoms with Crippen molar-refractivity contribution >= 4 is 5.91 Å². The van der Waals surface area contributed by atoms with Gasteiger partial charge in [-0.3, -0.25) is 9.69 Å². The van der Waals surface area contributed by atoms with Gasteiger partial charge in [0.05, 0.1) is 0 Å². The molecule has 2 rings (SSSR count). The molecule has 1 amide bonds. The summed E-state index contributed by atoms with van der Waals surface area (Å²) in [6.45, 7) is 8.38. The van der Waals surface area contributed by atoms with Crippen molar-refractivity contribution in [3.05, 3.63) is 34.9 Å². The van der Waals surface area contributed by atoms with E-state index in [0.717, 1.165) is 19.5 Å². The van der Waals surface area contributed by atoms with E-state index in [9.17, 15) is 4.79 Å². The highest BCUT2D eigenvalue weighted by atomic mass is 16.1. The number of carbonyl (C=O) groups is 1. The van der Waals surface area contributed by atoms with Crippen LogP contribution in [0.5, 0.6) is 0 Å². The summed E-state index contributed by atoms with van der Waals surface area (Å²) < 4.78 is 0. The number of primary amides is 1. The van der Waals surface area contributed by atoms with Crippen molar-refractivity contribution in [3.63, 3.8) is 0 Å². The number of nitrogens with two attached hydrogens (primary N) is 1. The Bertz CT molecular complexity index is 498. The lowest BCUT2D eigenvalue weighted by molar-refractivity contribution is -0.122. The van der Waals surface area contributed by atoms with Gasteiger partial charge in [-0.2, -0.15) is 0 Å². The maximum Gasteiger partial charge on any atom is 0.220 e. The molecule has 2 atom stereocenters. The van der Waals surface area contributed by atoms with Gasteiger partial charge in [-0.15, -0.1) is 0 Å². The minimum atomic E-state index is -0.174. The van der Waals surface area contributed by atoms with Crippen molar-refractivity contribution in [2.45, 2.75) is 59.0 Å². The molecule has 1 aromatic rings. The fourth-order valence-electron chi connectivity index (χ4n) is 3.20. The van der Waals surface area contributed by atoms with Crippen molar-refractivity contribution in [1.29, 1.82) is 0 Å². The van der Waals surface area contributed by atoms with E-state index in [1.165, 1.54) is 36.0 Å². The summed E-state index contributed by atoms with van der Waals surface area (Å²) in [4.78, 5) is 13.9. The van der Waals surface area contributed by atoms with Gasteiger partial charge in [0.25, 0.3) is 0 Å². The number of aryl methyl sites for hydroxylation is 2. The molecular formula is C18H28N2O. The Morgan fingerprint density at radius 2 is 2.10 bits per heavy atom. The molecular weight excluding hydrogens is 260 g/mol. The molecule has 0 radical (unpaired) electrons. The summed E-state index contributed by atoms with van der Waals surface area (Å²) in [5, 5.41) is 0. The van der Waals surface area contributed by atoms with Crippen LogP contribution in [0, 0.1) is 19.8 Å². The maximum absolute atomic E-state index is 11.3. The Balaban J connectivity index is 2.04. The van der Waals surface area contributed by atoms with Crippen LogP contribution in [0.1, 0.15) is 49.3 Å². The Morgan fingerprint density at radius 3 is 2.76 bits per heavy atom. The van der Waals surface area contributed by atoms with E-state index in [-0.39, 0.29) is 11.8 Å². The molecule has 1 heterocycles. The second-order valence-electron chi connectivity index (χ2n) is 6.58. The van der Waals surface area contributed by atoms with Crippen LogP contribution in [0.25, 0.3) is 0 Å². The molecule has 1 fully saturated rings. The fraction of sp³-hybridized carbons (Fsp3) is 0.611. The zero-order valence-electron chi connectivity index (χ0n) is 13.6. The first-order chi connectivity index (χ1) is 9.97. The Morgan fingerprint density at radius 1 is 1.33 bits per heavy atom. The smallest absolute Gasteiger partial charge is 0.220 e. The summed E-state index contributed by atoms with van der Waals surface area (Å²) in [7, 11) is 0. The van der Waals surface area contributed by atoms with Crippen LogP contribution in [0.3, 0.4) is 0 Å². The van der Waals surface area contributed by atoms with Crippen molar-refractivity contribution in [2.24, 2.45) is 11.7 Å². The van der Waals surface area contributed by atoms with Gasteiger partial charge >= 0.3 is 0 Å². The van der Waals surface area contributed by atoms with Crippen LogP contribution in [0.15, 0.2) is 18.2 Å². The van der Waals surface area contributed by atoms with E-state index in [1.807, 2.05) is 6.92 Å². The molecule has 21 heavy (non-hydrogen) atoms. The first kappa shape index (κ1) is 16.0. The van der Waals surface area contributed by atoms with Crippen LogP contribution >= 0.6 is 0 Å². The second kappa shape index (κ2) is 7.08. The normalized spacial score (nSPS) is 21.2. The van der Waals surface area contributed by atoms with E-state index in [2.05, 4.69) is 36.9 Å². The Labute approximate surface area is 128 Å². The number of amides is 1. The molecule has 2 unspecified atom stereocenters. The van der Waals surface area contributed by atoms with Crippen LogP contribution < -0.4 is 5.73 Å². The fourth-order valence-corrected chi connectivity index (χ4v) is 3.20. The predicted molar refractivity (Wildman–Crippen MR) is 86.9 cm³/mol. The van der Waals surface area contributed by atoms with Crippen molar-refractivity contribution < 1.29 is 4.79 Å².